The van der Waals surface area contributed by atoms with Crippen LogP contribution in [-0.2, 0) is 13.6 Å². The minimum Gasteiger partial charge on any atom is -0.309 e. The lowest BCUT2D eigenvalue weighted by molar-refractivity contribution is 0.583. The Labute approximate surface area is 112 Å². The molecule has 0 unspecified atom stereocenters. The number of hydrogen-bond acceptors (Lipinski definition) is 4. The summed E-state index contributed by atoms with van der Waals surface area (Å²) in [5, 5.41) is 11.0. The number of thiazole rings is 1. The molecule has 0 saturated carbocycles. The molecule has 0 spiro atoms. The number of aryl methyl sites for hydroxylation is 2. The third kappa shape index (κ3) is 2.62. The van der Waals surface area contributed by atoms with Gasteiger partial charge in [0.05, 0.1) is 17.0 Å². The molecule has 0 saturated heterocycles. The first-order valence-corrected chi connectivity index (χ1v) is 7.05. The van der Waals surface area contributed by atoms with Crippen LogP contribution in [0.4, 0.5) is 0 Å². The summed E-state index contributed by atoms with van der Waals surface area (Å²) < 4.78 is 1.91. The maximum atomic E-state index is 4.69. The Morgan fingerprint density at radius 2 is 2.11 bits per heavy atom. The predicted molar refractivity (Wildman–Crippen MR) is 75.8 cm³/mol. The van der Waals surface area contributed by atoms with E-state index in [2.05, 4.69) is 36.6 Å². The van der Waals surface area contributed by atoms with Crippen molar-refractivity contribution in [2.24, 2.45) is 7.05 Å². The van der Waals surface area contributed by atoms with Gasteiger partial charge in [-0.25, -0.2) is 4.98 Å². The van der Waals surface area contributed by atoms with Crippen molar-refractivity contribution in [3.8, 4) is 10.6 Å². The van der Waals surface area contributed by atoms with E-state index in [9.17, 15) is 0 Å². The van der Waals surface area contributed by atoms with Crippen LogP contribution in [-0.4, -0.2) is 20.8 Å². The van der Waals surface area contributed by atoms with Crippen molar-refractivity contribution in [2.75, 3.05) is 0 Å². The van der Waals surface area contributed by atoms with Crippen molar-refractivity contribution in [1.29, 1.82) is 0 Å². The Bertz CT molecular complexity index is 539. The molecule has 4 nitrogen and oxygen atoms in total. The fourth-order valence-corrected chi connectivity index (χ4v) is 2.86. The Morgan fingerprint density at radius 1 is 1.39 bits per heavy atom. The van der Waals surface area contributed by atoms with E-state index in [4.69, 9.17) is 4.98 Å². The molecule has 1 N–H and O–H groups in total. The zero-order chi connectivity index (χ0) is 13.3. The Morgan fingerprint density at radius 3 is 2.67 bits per heavy atom. The molecule has 2 rings (SSSR count). The van der Waals surface area contributed by atoms with Crippen LogP contribution < -0.4 is 5.32 Å². The number of nitrogens with zero attached hydrogens (tertiary/aromatic N) is 3. The molecule has 0 radical (unpaired) electrons. The van der Waals surface area contributed by atoms with E-state index in [1.807, 2.05) is 18.7 Å². The van der Waals surface area contributed by atoms with Gasteiger partial charge in [-0.15, -0.1) is 11.3 Å². The minimum atomic E-state index is 0.483. The molecular weight excluding hydrogens is 244 g/mol. The number of aromatic nitrogens is 3. The van der Waals surface area contributed by atoms with Gasteiger partial charge < -0.3 is 5.32 Å². The summed E-state index contributed by atoms with van der Waals surface area (Å²) in [7, 11) is 1.97. The molecule has 0 atom stereocenters. The standard InChI is InChI=1S/C13H20N4S/c1-8(2)14-6-11-7-18-13(15-11)12-9(3)16-17(5)10(12)4/h7-8,14H,6H2,1-5H3. The smallest absolute Gasteiger partial charge is 0.127 e. The van der Waals surface area contributed by atoms with Crippen molar-refractivity contribution < 1.29 is 0 Å². The highest BCUT2D eigenvalue weighted by atomic mass is 32.1. The zero-order valence-electron chi connectivity index (χ0n) is 11.6. The third-order valence-electron chi connectivity index (χ3n) is 2.97. The van der Waals surface area contributed by atoms with Gasteiger partial charge in [0.25, 0.3) is 0 Å². The summed E-state index contributed by atoms with van der Waals surface area (Å²) >= 11 is 1.69. The molecule has 5 heteroatoms. The lowest BCUT2D eigenvalue weighted by Crippen LogP contribution is -2.21. The summed E-state index contributed by atoms with van der Waals surface area (Å²) in [4.78, 5) is 4.69. The highest BCUT2D eigenvalue weighted by Crippen LogP contribution is 2.29. The number of rotatable bonds is 4. The molecule has 0 fully saturated rings. The van der Waals surface area contributed by atoms with Crippen molar-refractivity contribution in [1.82, 2.24) is 20.1 Å². The lowest BCUT2D eigenvalue weighted by Gasteiger charge is -2.04. The first-order valence-electron chi connectivity index (χ1n) is 6.17. The normalized spacial score (nSPS) is 11.4. The molecule has 0 bridgehead atoms. The Balaban J connectivity index is 2.24. The monoisotopic (exact) mass is 264 g/mol. The maximum Gasteiger partial charge on any atom is 0.127 e. The van der Waals surface area contributed by atoms with Crippen LogP contribution in [0.3, 0.4) is 0 Å². The average Bonchev–Trinajstić information content (AvgIpc) is 2.83. The Kier molecular flexibility index (Phi) is 3.82. The van der Waals surface area contributed by atoms with E-state index < -0.39 is 0 Å². The highest BCUT2D eigenvalue weighted by Gasteiger charge is 2.14. The van der Waals surface area contributed by atoms with E-state index in [0.717, 1.165) is 22.9 Å². The summed E-state index contributed by atoms with van der Waals surface area (Å²) in [5.41, 5.74) is 4.50. The summed E-state index contributed by atoms with van der Waals surface area (Å²) in [6.07, 6.45) is 0. The van der Waals surface area contributed by atoms with Crippen LogP contribution in [0.15, 0.2) is 5.38 Å². The van der Waals surface area contributed by atoms with Gasteiger partial charge in [0.15, 0.2) is 0 Å². The molecule has 2 heterocycles. The van der Waals surface area contributed by atoms with Crippen molar-refractivity contribution in [3.63, 3.8) is 0 Å². The van der Waals surface area contributed by atoms with Gasteiger partial charge in [0, 0.05) is 30.7 Å². The average molecular weight is 264 g/mol. The van der Waals surface area contributed by atoms with Crippen molar-refractivity contribution >= 4 is 11.3 Å². The summed E-state index contributed by atoms with van der Waals surface area (Å²) in [6.45, 7) is 9.23. The second-order valence-corrected chi connectivity index (χ2v) is 5.71. The lowest BCUT2D eigenvalue weighted by atomic mass is 10.2. The van der Waals surface area contributed by atoms with E-state index in [-0.39, 0.29) is 0 Å². The van der Waals surface area contributed by atoms with Gasteiger partial charge in [0.2, 0.25) is 0 Å². The first-order chi connectivity index (χ1) is 8.49. The van der Waals surface area contributed by atoms with Crippen LogP contribution in [0.2, 0.25) is 0 Å². The van der Waals surface area contributed by atoms with Gasteiger partial charge >= 0.3 is 0 Å². The number of nitrogens with one attached hydrogen (secondary N) is 1. The summed E-state index contributed by atoms with van der Waals surface area (Å²) in [6, 6.07) is 0.483. The van der Waals surface area contributed by atoms with Gasteiger partial charge in [0.1, 0.15) is 5.01 Å². The molecular formula is C13H20N4S. The molecule has 0 aliphatic rings. The highest BCUT2D eigenvalue weighted by molar-refractivity contribution is 7.13. The Hall–Kier alpha value is -1.20. The minimum absolute atomic E-state index is 0.483. The zero-order valence-corrected chi connectivity index (χ0v) is 12.4. The van der Waals surface area contributed by atoms with E-state index >= 15 is 0 Å². The molecule has 0 aliphatic carbocycles. The van der Waals surface area contributed by atoms with Gasteiger partial charge in [-0.1, -0.05) is 13.8 Å². The van der Waals surface area contributed by atoms with Crippen LogP contribution in [0, 0.1) is 13.8 Å². The van der Waals surface area contributed by atoms with Crippen LogP contribution in [0.25, 0.3) is 10.6 Å². The molecule has 0 amide bonds. The molecule has 2 aromatic heterocycles. The van der Waals surface area contributed by atoms with E-state index in [1.165, 1.54) is 11.3 Å². The summed E-state index contributed by atoms with van der Waals surface area (Å²) in [5.74, 6) is 0. The van der Waals surface area contributed by atoms with Crippen LogP contribution in [0.1, 0.15) is 30.9 Å². The fraction of sp³-hybridized carbons (Fsp3) is 0.538. The molecule has 2 aromatic rings. The first kappa shape index (κ1) is 13.2. The quantitative estimate of drug-likeness (QED) is 0.923. The SMILES string of the molecule is Cc1nn(C)c(C)c1-c1nc(CNC(C)C)cs1. The molecule has 0 aromatic carbocycles. The van der Waals surface area contributed by atoms with E-state index in [0.29, 0.717) is 6.04 Å². The number of hydrogen-bond donors (Lipinski definition) is 1. The van der Waals surface area contributed by atoms with Crippen LogP contribution in [0.5, 0.6) is 0 Å². The van der Waals surface area contributed by atoms with E-state index in [1.54, 1.807) is 11.3 Å². The van der Waals surface area contributed by atoms with Crippen molar-refractivity contribution in [2.45, 2.75) is 40.3 Å². The predicted octanol–water partition coefficient (Wildman–Crippen LogP) is 2.66. The second-order valence-electron chi connectivity index (χ2n) is 4.85. The molecule has 98 valence electrons. The van der Waals surface area contributed by atoms with Gasteiger partial charge in [-0.05, 0) is 13.8 Å². The maximum absolute atomic E-state index is 4.69. The largest absolute Gasteiger partial charge is 0.309 e. The van der Waals surface area contributed by atoms with Crippen molar-refractivity contribution in [3.05, 3.63) is 22.5 Å². The third-order valence-corrected chi connectivity index (χ3v) is 3.87. The molecule has 0 aliphatic heterocycles. The van der Waals surface area contributed by atoms with Gasteiger partial charge in [-0.3, -0.25) is 4.68 Å². The van der Waals surface area contributed by atoms with Crippen LogP contribution >= 0.6 is 11.3 Å². The fourth-order valence-electron chi connectivity index (χ4n) is 1.89. The topological polar surface area (TPSA) is 42.7 Å². The molecule has 18 heavy (non-hydrogen) atoms. The van der Waals surface area contributed by atoms with Gasteiger partial charge in [-0.2, -0.15) is 5.10 Å². The second kappa shape index (κ2) is 5.20.